The van der Waals surface area contributed by atoms with Gasteiger partial charge in [0.15, 0.2) is 0 Å². The first-order valence-corrected chi connectivity index (χ1v) is 7.39. The minimum atomic E-state index is -0.513. The number of nitrogens with zero attached hydrogens (tertiary/aromatic N) is 4. The first kappa shape index (κ1) is 15.4. The molecule has 0 aliphatic carbocycles. The van der Waals surface area contributed by atoms with Crippen LogP contribution in [0.2, 0.25) is 5.02 Å². The Morgan fingerprint density at radius 2 is 2.17 bits per heavy atom. The Kier molecular flexibility index (Phi) is 3.77. The molecule has 0 spiro atoms. The second-order valence-corrected chi connectivity index (χ2v) is 6.08. The molecule has 2 N–H and O–H groups in total. The van der Waals surface area contributed by atoms with E-state index in [-0.39, 0.29) is 28.5 Å². The van der Waals surface area contributed by atoms with Gasteiger partial charge in [0.05, 0.1) is 26.8 Å². The second kappa shape index (κ2) is 5.62. The molecule has 1 saturated heterocycles. The van der Waals surface area contributed by atoms with Gasteiger partial charge in [0.1, 0.15) is 12.1 Å². The van der Waals surface area contributed by atoms with Gasteiger partial charge in [-0.05, 0) is 5.92 Å². The minimum absolute atomic E-state index is 0.0756. The van der Waals surface area contributed by atoms with E-state index in [0.29, 0.717) is 29.8 Å². The highest BCUT2D eigenvalue weighted by Crippen LogP contribution is 2.35. The van der Waals surface area contributed by atoms with Crippen molar-refractivity contribution in [2.75, 3.05) is 18.0 Å². The molecule has 1 amide bonds. The smallest absolute Gasteiger partial charge is 0.271 e. The van der Waals surface area contributed by atoms with Gasteiger partial charge in [-0.15, -0.1) is 0 Å². The van der Waals surface area contributed by atoms with Gasteiger partial charge in [0.25, 0.3) is 5.69 Å². The average Bonchev–Trinajstić information content (AvgIpc) is 2.88. The van der Waals surface area contributed by atoms with E-state index < -0.39 is 4.92 Å². The highest BCUT2D eigenvalue weighted by molar-refractivity contribution is 6.35. The van der Waals surface area contributed by atoms with Gasteiger partial charge in [0, 0.05) is 25.2 Å². The first-order chi connectivity index (χ1) is 10.9. The number of aromatic nitrogens is 2. The molecule has 0 unspecified atom stereocenters. The molecule has 1 aromatic heterocycles. The molecule has 1 aliphatic heterocycles. The number of hydrogen-bond acceptors (Lipinski definition) is 6. The number of rotatable bonds is 3. The van der Waals surface area contributed by atoms with Crippen molar-refractivity contribution in [3.8, 4) is 0 Å². The van der Waals surface area contributed by atoms with Crippen molar-refractivity contribution in [2.24, 2.45) is 17.6 Å². The zero-order chi connectivity index (χ0) is 16.7. The van der Waals surface area contributed by atoms with Crippen LogP contribution in [0, 0.1) is 22.0 Å². The molecule has 0 bridgehead atoms. The third-order valence-corrected chi connectivity index (χ3v) is 4.43. The fourth-order valence-corrected chi connectivity index (χ4v) is 3.23. The lowest BCUT2D eigenvalue weighted by molar-refractivity contribution is -0.384. The number of primary amides is 1. The predicted octanol–water partition coefficient (Wildman–Crippen LogP) is 1.75. The van der Waals surface area contributed by atoms with Crippen molar-refractivity contribution in [3.63, 3.8) is 0 Å². The molecule has 1 aliphatic rings. The molecule has 2 heterocycles. The summed E-state index contributed by atoms with van der Waals surface area (Å²) in [5, 5.41) is 11.7. The summed E-state index contributed by atoms with van der Waals surface area (Å²) in [5.74, 6) is -0.0422. The molecule has 0 saturated carbocycles. The van der Waals surface area contributed by atoms with Gasteiger partial charge >= 0.3 is 0 Å². The van der Waals surface area contributed by atoms with Crippen LogP contribution in [-0.2, 0) is 4.79 Å². The van der Waals surface area contributed by atoms with Gasteiger partial charge in [-0.3, -0.25) is 14.9 Å². The Morgan fingerprint density at radius 1 is 1.43 bits per heavy atom. The van der Waals surface area contributed by atoms with Crippen LogP contribution in [-0.4, -0.2) is 33.9 Å². The van der Waals surface area contributed by atoms with E-state index in [0.717, 1.165) is 0 Å². The third kappa shape index (κ3) is 2.65. The largest absolute Gasteiger partial charge is 0.369 e. The van der Waals surface area contributed by atoms with Crippen LogP contribution in [0.3, 0.4) is 0 Å². The van der Waals surface area contributed by atoms with Crippen molar-refractivity contribution in [3.05, 3.63) is 33.6 Å². The number of amides is 1. The van der Waals surface area contributed by atoms with E-state index in [1.54, 1.807) is 0 Å². The molecule has 0 radical (unpaired) electrons. The summed E-state index contributed by atoms with van der Waals surface area (Å²) in [4.78, 5) is 32.3. The molecular weight excluding hydrogens is 322 g/mol. The van der Waals surface area contributed by atoms with Gasteiger partial charge < -0.3 is 10.6 Å². The zero-order valence-electron chi connectivity index (χ0n) is 12.3. The van der Waals surface area contributed by atoms with Crippen LogP contribution in [0.1, 0.15) is 6.92 Å². The van der Waals surface area contributed by atoms with Gasteiger partial charge in [0.2, 0.25) is 5.91 Å². The standard InChI is InChI=1S/C14H14ClN5O3/c1-7-4-19(5-10(7)13(16)21)14-9-2-8(20(22)23)3-11(15)12(9)17-6-18-14/h2-3,6-7,10H,4-5H2,1H3,(H2,16,21)/t7-,10-/m1/s1. The van der Waals surface area contributed by atoms with Crippen LogP contribution < -0.4 is 10.6 Å². The molecular formula is C14H14ClN5O3. The summed E-state index contributed by atoms with van der Waals surface area (Å²) < 4.78 is 0. The fraction of sp³-hybridized carbons (Fsp3) is 0.357. The maximum Gasteiger partial charge on any atom is 0.271 e. The lowest BCUT2D eigenvalue weighted by atomic mass is 9.98. The summed E-state index contributed by atoms with van der Waals surface area (Å²) in [5.41, 5.74) is 5.73. The normalized spacial score (nSPS) is 20.9. The number of nitro benzene ring substituents is 1. The Labute approximate surface area is 136 Å². The number of nitrogens with two attached hydrogens (primary N) is 1. The summed E-state index contributed by atoms with van der Waals surface area (Å²) >= 11 is 6.11. The van der Waals surface area contributed by atoms with Gasteiger partial charge in [-0.25, -0.2) is 9.97 Å². The Bertz CT molecular complexity index is 812. The topological polar surface area (TPSA) is 115 Å². The second-order valence-electron chi connectivity index (χ2n) is 5.67. The SMILES string of the molecule is C[C@@H]1CN(c2ncnc3c(Cl)cc([N+](=O)[O-])cc23)C[C@H]1C(N)=O. The Balaban J connectivity index is 2.11. The molecule has 1 aromatic carbocycles. The number of non-ortho nitro benzene ring substituents is 1. The number of hydrogen-bond donors (Lipinski definition) is 1. The van der Waals surface area contributed by atoms with Crippen LogP contribution in [0.15, 0.2) is 18.5 Å². The van der Waals surface area contributed by atoms with E-state index in [2.05, 4.69) is 9.97 Å². The van der Waals surface area contributed by atoms with Gasteiger partial charge in [-0.2, -0.15) is 0 Å². The van der Waals surface area contributed by atoms with E-state index in [1.165, 1.54) is 18.5 Å². The number of nitro groups is 1. The number of anilines is 1. The van der Waals surface area contributed by atoms with Crippen LogP contribution in [0.4, 0.5) is 11.5 Å². The molecule has 1 fully saturated rings. The molecule has 8 nitrogen and oxygen atoms in total. The maximum atomic E-state index is 11.5. The Morgan fingerprint density at radius 3 is 2.78 bits per heavy atom. The Hall–Kier alpha value is -2.48. The predicted molar refractivity (Wildman–Crippen MR) is 85.3 cm³/mol. The first-order valence-electron chi connectivity index (χ1n) is 7.01. The molecule has 3 rings (SSSR count). The number of benzene rings is 1. The summed E-state index contributed by atoms with van der Waals surface area (Å²) in [6.07, 6.45) is 1.36. The fourth-order valence-electron chi connectivity index (χ4n) is 2.96. The van der Waals surface area contributed by atoms with Crippen molar-refractivity contribution in [2.45, 2.75) is 6.92 Å². The van der Waals surface area contributed by atoms with Crippen LogP contribution >= 0.6 is 11.6 Å². The van der Waals surface area contributed by atoms with E-state index in [4.69, 9.17) is 17.3 Å². The number of fused-ring (bicyclic) bond motifs is 1. The highest BCUT2D eigenvalue weighted by atomic mass is 35.5. The van der Waals surface area contributed by atoms with Crippen molar-refractivity contribution in [1.82, 2.24) is 9.97 Å². The quantitative estimate of drug-likeness (QED) is 0.674. The molecule has 9 heteroatoms. The number of carbonyl (C=O) groups excluding carboxylic acids is 1. The molecule has 2 aromatic rings. The summed E-state index contributed by atoms with van der Waals surface area (Å²) in [7, 11) is 0. The molecule has 23 heavy (non-hydrogen) atoms. The van der Waals surface area contributed by atoms with Crippen LogP contribution in [0.5, 0.6) is 0 Å². The third-order valence-electron chi connectivity index (χ3n) is 4.14. The van der Waals surface area contributed by atoms with E-state index in [9.17, 15) is 14.9 Å². The van der Waals surface area contributed by atoms with E-state index >= 15 is 0 Å². The minimum Gasteiger partial charge on any atom is -0.369 e. The van der Waals surface area contributed by atoms with Gasteiger partial charge in [-0.1, -0.05) is 18.5 Å². The summed E-state index contributed by atoms with van der Waals surface area (Å²) in [6.45, 7) is 2.94. The van der Waals surface area contributed by atoms with Crippen molar-refractivity contribution >= 4 is 39.9 Å². The highest BCUT2D eigenvalue weighted by Gasteiger charge is 2.35. The zero-order valence-corrected chi connectivity index (χ0v) is 13.0. The number of carbonyl (C=O) groups is 1. The maximum absolute atomic E-state index is 11.5. The van der Waals surface area contributed by atoms with Crippen molar-refractivity contribution in [1.29, 1.82) is 0 Å². The molecule has 2 atom stereocenters. The molecule has 120 valence electrons. The summed E-state index contributed by atoms with van der Waals surface area (Å²) in [6, 6.07) is 2.66. The van der Waals surface area contributed by atoms with Crippen LogP contribution in [0.25, 0.3) is 10.9 Å². The lowest BCUT2D eigenvalue weighted by Crippen LogP contribution is -2.29. The van der Waals surface area contributed by atoms with Crippen molar-refractivity contribution < 1.29 is 9.72 Å². The average molecular weight is 336 g/mol. The monoisotopic (exact) mass is 335 g/mol. The lowest BCUT2D eigenvalue weighted by Gasteiger charge is -2.18. The number of halogens is 1. The van der Waals surface area contributed by atoms with E-state index in [1.807, 2.05) is 11.8 Å².